The summed E-state index contributed by atoms with van der Waals surface area (Å²) in [6.45, 7) is 33.4. The molecule has 0 radical (unpaired) electrons. The van der Waals surface area contributed by atoms with Crippen molar-refractivity contribution >= 4 is 172 Å². The molecule has 0 fully saturated rings. The van der Waals surface area contributed by atoms with Gasteiger partial charge in [0, 0.05) is 119 Å². The molecule has 0 bridgehead atoms. The Bertz CT molecular complexity index is 6600. The molecule has 0 saturated carbocycles. The van der Waals surface area contributed by atoms with Crippen molar-refractivity contribution in [2.45, 2.75) is 120 Å². The molecule has 0 spiro atoms. The monoisotopic (exact) mass is 1680 g/mol. The van der Waals surface area contributed by atoms with E-state index >= 15 is 0 Å². The number of ether oxygens (including phenoxy) is 3. The highest BCUT2D eigenvalue weighted by Crippen LogP contribution is 2.53. The average Bonchev–Trinajstić information content (AvgIpc) is 0.702. The second-order valence-electron chi connectivity index (χ2n) is 39.3. The summed E-state index contributed by atoms with van der Waals surface area (Å²) in [4.78, 5) is 33.0. The molecule has 0 saturated heterocycles. The van der Waals surface area contributed by atoms with Gasteiger partial charge in [-0.3, -0.25) is 0 Å². The first-order chi connectivity index (χ1) is 62.1. The number of benzene rings is 15. The Kier molecular flexibility index (Phi) is 18.7. The van der Waals surface area contributed by atoms with E-state index in [1.807, 2.05) is 0 Å². The lowest BCUT2D eigenvalue weighted by Crippen LogP contribution is -2.61. The topological polar surface area (TPSA) is 85.8 Å². The number of methoxy groups -OCH3 is 3. The second kappa shape index (κ2) is 29.9. The maximum atomic E-state index is 5.98. The van der Waals surface area contributed by atoms with Crippen LogP contribution in [0.1, 0.15) is 112 Å². The zero-order valence-corrected chi connectivity index (χ0v) is 76.7. The van der Waals surface area contributed by atoms with E-state index < -0.39 is 0 Å². The molecule has 0 amide bonds. The first-order valence-corrected chi connectivity index (χ1v) is 45.1. The Hall–Kier alpha value is -14.3. The maximum Gasteiger partial charge on any atom is 0.252 e. The Labute approximate surface area is 759 Å². The van der Waals surface area contributed by atoms with Crippen LogP contribution in [0, 0.1) is 41.5 Å². The summed E-state index contributed by atoms with van der Waals surface area (Å²) < 4.78 is 17.8. The highest BCUT2D eigenvalue weighted by molar-refractivity contribution is 7.02. The summed E-state index contributed by atoms with van der Waals surface area (Å²) in [5.41, 5.74) is 43.2. The lowest BCUT2D eigenvalue weighted by atomic mass is 9.33. The number of hydrogen-bond donors (Lipinski definition) is 0. The molecular weight excluding hydrogens is 1580 g/mol. The van der Waals surface area contributed by atoms with Gasteiger partial charge in [0.15, 0.2) is 17.5 Å². The highest BCUT2D eigenvalue weighted by atomic mass is 16.5. The van der Waals surface area contributed by atoms with E-state index in [0.29, 0.717) is 17.5 Å². The Morgan fingerprint density at radius 1 is 0.209 bits per heavy atom. The van der Waals surface area contributed by atoms with Gasteiger partial charge < -0.3 is 43.6 Å². The summed E-state index contributed by atoms with van der Waals surface area (Å²) >= 11 is 0. The van der Waals surface area contributed by atoms with E-state index in [4.69, 9.17) is 29.2 Å². The van der Waals surface area contributed by atoms with Crippen molar-refractivity contribution in [1.82, 2.24) is 15.0 Å². The molecule has 0 unspecified atom stereocenters. The third kappa shape index (κ3) is 13.2. The molecule has 630 valence electrons. The van der Waals surface area contributed by atoms with Crippen LogP contribution in [0.4, 0.5) is 102 Å². The van der Waals surface area contributed by atoms with Crippen LogP contribution >= 0.6 is 0 Å². The number of nitrogens with zero attached hydrogens (tertiary/aromatic N) is 9. The van der Waals surface area contributed by atoms with E-state index in [1.165, 1.54) is 82.8 Å². The molecule has 12 nitrogen and oxygen atoms in total. The Balaban J connectivity index is 0.816. The van der Waals surface area contributed by atoms with Gasteiger partial charge in [-0.1, -0.05) is 187 Å². The summed E-state index contributed by atoms with van der Waals surface area (Å²) in [6, 6.07) is 110. The first kappa shape index (κ1) is 80.5. The number of rotatable bonds is 12. The molecule has 6 aliphatic rings. The second-order valence-corrected chi connectivity index (χ2v) is 39.3. The lowest BCUT2D eigenvalue weighted by molar-refractivity contribution is 0.414. The molecule has 6 aliphatic heterocycles. The van der Waals surface area contributed by atoms with Gasteiger partial charge in [-0.15, -0.1) is 0 Å². The van der Waals surface area contributed by atoms with Crippen molar-refractivity contribution in [2.24, 2.45) is 0 Å². The summed E-state index contributed by atoms with van der Waals surface area (Å²) in [5.74, 6) is 3.99. The van der Waals surface area contributed by atoms with Crippen molar-refractivity contribution in [3.8, 4) is 51.4 Å². The normalized spacial score (nSPS) is 13.7. The van der Waals surface area contributed by atoms with Crippen molar-refractivity contribution in [1.29, 1.82) is 0 Å². The predicted octanol–water partition coefficient (Wildman–Crippen LogP) is 22.9. The number of aromatic nitrogens is 3. The van der Waals surface area contributed by atoms with Gasteiger partial charge in [-0.25, -0.2) is 15.0 Å². The van der Waals surface area contributed by atoms with E-state index in [-0.39, 0.29) is 36.4 Å². The fourth-order valence-corrected chi connectivity index (χ4v) is 20.8. The van der Waals surface area contributed by atoms with Gasteiger partial charge in [0.1, 0.15) is 17.2 Å². The summed E-state index contributed by atoms with van der Waals surface area (Å²) in [6.07, 6.45) is 0. The standard InChI is InChI=1S/C114H102B3N9O3/c1-67-19-31-79(32-20-67)121-94-49-25-70(4)55-88(94)115-91-58-73(28-52-97(91)124(82-37-43-85(127-16)44-38-82)103-64-76(112(7,8)9)61-100(121)106(103)115)109-118-110(74-29-53-98-92(59-74)116-89-56-71(5)26-50-95(89)122(80-33-21-68(2)22-34-80)101-62-77(113(10,11)12)65-104(107(101)116)125(98)83-39-45-86(128-17)46-40-83)120-111(119-109)75-30-54-99-93(60-75)117-90-57-72(6)27-51-96(90)123(81-35-23-69(3)24-36-81)102-63-78(114(13,14)15)66-105(108(102)117)126(99)84-41-47-87(129-18)48-42-84/h19-66H,1-18H3. The lowest BCUT2D eigenvalue weighted by Gasteiger charge is -2.45. The van der Waals surface area contributed by atoms with E-state index in [0.717, 1.165) is 153 Å². The zero-order chi connectivity index (χ0) is 88.9. The third-order valence-corrected chi connectivity index (χ3v) is 27.5. The predicted molar refractivity (Wildman–Crippen MR) is 542 cm³/mol. The number of fused-ring (bicyclic) bond motifs is 12. The SMILES string of the molecule is COc1ccc(N2c3ccc(-c4nc(-c5ccc6c(c5)B5c7cc(C)ccc7N(c7ccc(C)cc7)c7cc(C(C)(C)C)cc(c75)N6c5ccc(OC)cc5)nc(-c5ccc6c(c5)B5c7cc(C)ccc7N(c7ccc(C)cc7)c7cc(C(C)(C)C)cc(c75)N6c5ccc(OC)cc5)n4)cc3B3c4cc(C)ccc4N(c4ccc(C)cc4)c4cc(C(C)(C)C)cc2c43)cc1. The minimum Gasteiger partial charge on any atom is -0.497 e. The van der Waals surface area contributed by atoms with Crippen molar-refractivity contribution in [3.05, 3.63) is 341 Å². The van der Waals surface area contributed by atoms with Crippen molar-refractivity contribution < 1.29 is 14.2 Å². The van der Waals surface area contributed by atoms with Crippen LogP contribution in [-0.2, 0) is 16.2 Å². The van der Waals surface area contributed by atoms with E-state index in [1.54, 1.807) is 21.3 Å². The molecular formula is C114H102B3N9O3. The van der Waals surface area contributed by atoms with Gasteiger partial charge in [0.2, 0.25) is 0 Å². The van der Waals surface area contributed by atoms with Crippen LogP contribution in [0.5, 0.6) is 17.2 Å². The molecule has 7 heterocycles. The van der Waals surface area contributed by atoms with Gasteiger partial charge in [-0.05, 0) is 324 Å². The molecule has 0 aliphatic carbocycles. The smallest absolute Gasteiger partial charge is 0.252 e. The Morgan fingerprint density at radius 3 is 0.597 bits per heavy atom. The number of anilines is 18. The molecule has 129 heavy (non-hydrogen) atoms. The van der Waals surface area contributed by atoms with Crippen LogP contribution < -0.4 is 92.8 Å². The largest absolute Gasteiger partial charge is 0.497 e. The minimum absolute atomic E-state index is 0.224. The molecule has 1 aromatic heterocycles. The molecule has 15 aromatic carbocycles. The first-order valence-electron chi connectivity index (χ1n) is 45.1. The number of hydrogen-bond acceptors (Lipinski definition) is 12. The molecule has 16 aromatic rings. The fourth-order valence-electron chi connectivity index (χ4n) is 20.8. The molecule has 15 heteroatoms. The Morgan fingerprint density at radius 2 is 0.395 bits per heavy atom. The molecule has 0 atom stereocenters. The van der Waals surface area contributed by atoms with Crippen LogP contribution in [0.3, 0.4) is 0 Å². The van der Waals surface area contributed by atoms with Gasteiger partial charge >= 0.3 is 0 Å². The van der Waals surface area contributed by atoms with Crippen LogP contribution in [0.2, 0.25) is 0 Å². The van der Waals surface area contributed by atoms with Gasteiger partial charge in [0.05, 0.1) is 21.3 Å². The van der Waals surface area contributed by atoms with Crippen LogP contribution in [0.15, 0.2) is 291 Å². The number of aryl methyl sites for hydroxylation is 6. The summed E-state index contributed by atoms with van der Waals surface area (Å²) in [5, 5.41) is 0. The minimum atomic E-state index is -0.234. The van der Waals surface area contributed by atoms with Crippen LogP contribution in [-0.4, -0.2) is 56.4 Å². The maximum absolute atomic E-state index is 5.98. The molecule has 0 N–H and O–H groups in total. The quantitative estimate of drug-likeness (QED) is 0.109. The third-order valence-electron chi connectivity index (χ3n) is 27.5. The van der Waals surface area contributed by atoms with E-state index in [9.17, 15) is 0 Å². The van der Waals surface area contributed by atoms with Gasteiger partial charge in [0.25, 0.3) is 20.1 Å². The van der Waals surface area contributed by atoms with E-state index in [2.05, 4.69) is 424 Å². The fraction of sp³-hybridized carbons (Fsp3) is 0.184. The summed E-state index contributed by atoms with van der Waals surface area (Å²) in [7, 11) is 5.22. The average molecular weight is 1680 g/mol. The van der Waals surface area contributed by atoms with Gasteiger partial charge in [-0.2, -0.15) is 0 Å². The van der Waals surface area contributed by atoms with Crippen molar-refractivity contribution in [3.63, 3.8) is 0 Å². The molecule has 22 rings (SSSR count). The zero-order valence-electron chi connectivity index (χ0n) is 76.7. The van der Waals surface area contributed by atoms with Crippen molar-refractivity contribution in [2.75, 3.05) is 50.7 Å². The van der Waals surface area contributed by atoms with Crippen LogP contribution in [0.25, 0.3) is 34.2 Å². The highest BCUT2D eigenvalue weighted by Gasteiger charge is 2.49.